The molecule has 10 aromatic rings. The maximum absolute atomic E-state index is 6.83. The Balaban J connectivity index is 1.04. The lowest BCUT2D eigenvalue weighted by Crippen LogP contribution is -2.47. The summed E-state index contributed by atoms with van der Waals surface area (Å²) >= 11 is 0. The van der Waals surface area contributed by atoms with Crippen molar-refractivity contribution >= 4 is 27.8 Å². The molecular weight excluding hydrogens is 839 g/mol. The highest BCUT2D eigenvalue weighted by Crippen LogP contribution is 2.66. The lowest BCUT2D eigenvalue weighted by Gasteiger charge is -2.47. The molecule has 0 saturated heterocycles. The monoisotopic (exact) mass is 881 g/mol. The van der Waals surface area contributed by atoms with E-state index in [1.165, 1.54) is 60.8 Å². The highest BCUT2D eigenvalue weighted by Gasteiger charge is 2.56. The van der Waals surface area contributed by atoms with E-state index in [1.807, 2.05) is 0 Å². The van der Waals surface area contributed by atoms with Gasteiger partial charge in [0.1, 0.15) is 23.4 Å². The minimum absolute atomic E-state index is 0.0643. The second kappa shape index (κ2) is 14.4. The van der Waals surface area contributed by atoms with Gasteiger partial charge in [0, 0.05) is 39.1 Å². The van der Waals surface area contributed by atoms with Crippen LogP contribution in [0.15, 0.2) is 249 Å². The molecule has 3 atom stereocenters. The van der Waals surface area contributed by atoms with Crippen molar-refractivity contribution in [1.29, 1.82) is 0 Å². The fraction of sp³-hybridized carbons (Fsp3) is 0.0606. The van der Waals surface area contributed by atoms with Crippen molar-refractivity contribution in [3.63, 3.8) is 0 Å². The van der Waals surface area contributed by atoms with Crippen LogP contribution in [0.5, 0.6) is 17.2 Å². The molecule has 0 amide bonds. The van der Waals surface area contributed by atoms with E-state index >= 15 is 0 Å². The largest absolute Gasteiger partial charge is 0.485 e. The van der Waals surface area contributed by atoms with Crippen molar-refractivity contribution in [2.45, 2.75) is 16.9 Å². The van der Waals surface area contributed by atoms with Crippen LogP contribution in [0.3, 0.4) is 0 Å². The van der Waals surface area contributed by atoms with E-state index in [2.05, 4.69) is 254 Å². The summed E-state index contributed by atoms with van der Waals surface area (Å²) in [7, 11) is 0. The van der Waals surface area contributed by atoms with Gasteiger partial charge < -0.3 is 14.4 Å². The minimum Gasteiger partial charge on any atom is -0.485 e. The van der Waals surface area contributed by atoms with E-state index < -0.39 is 10.8 Å². The number of nitrogens with zero attached hydrogens (tertiary/aromatic N) is 1. The molecule has 0 saturated carbocycles. The topological polar surface area (TPSA) is 21.7 Å². The number of rotatable bonds is 4. The molecule has 2 spiro atoms. The number of para-hydroxylation sites is 4. The van der Waals surface area contributed by atoms with Gasteiger partial charge in [-0.1, -0.05) is 194 Å². The summed E-state index contributed by atoms with van der Waals surface area (Å²) in [6.45, 7) is 0. The highest BCUT2D eigenvalue weighted by atomic mass is 16.5. The Morgan fingerprint density at radius 3 is 1.75 bits per heavy atom. The Kier molecular flexibility index (Phi) is 8.04. The SMILES string of the molecule is C1=CC2Oc3ccccc3C3(c4ccccc4-c4cc5c(N(c6ccccc6-c6ccccc6)c6cccc7c6-c6ccccc6C76c7ccccc7Oc7ccccc76)cccc5cc43)C2C=C1. The number of ether oxygens (including phenoxy) is 2. The average molecular weight is 882 g/mol. The Bertz CT molecular complexity index is 3800. The zero-order chi connectivity index (χ0) is 45.3. The van der Waals surface area contributed by atoms with Crippen molar-refractivity contribution in [2.75, 3.05) is 4.90 Å². The maximum Gasteiger partial charge on any atom is 0.132 e. The number of hydrogen-bond acceptors (Lipinski definition) is 3. The summed E-state index contributed by atoms with van der Waals surface area (Å²) in [5.41, 5.74) is 18.2. The number of benzene rings is 10. The van der Waals surface area contributed by atoms with E-state index in [-0.39, 0.29) is 12.0 Å². The van der Waals surface area contributed by atoms with Gasteiger partial charge in [0.2, 0.25) is 0 Å². The number of fused-ring (bicyclic) bond motifs is 19. The molecule has 5 aliphatic rings. The third-order valence-electron chi connectivity index (χ3n) is 15.8. The molecule has 15 rings (SSSR count). The van der Waals surface area contributed by atoms with Crippen LogP contribution in [-0.4, -0.2) is 6.10 Å². The molecule has 69 heavy (non-hydrogen) atoms. The van der Waals surface area contributed by atoms with Crippen LogP contribution in [0.25, 0.3) is 44.2 Å². The second-order valence-electron chi connectivity index (χ2n) is 18.9. The standard InChI is InChI=1S/C66H43NO2/c1-2-20-42(21-3-1)44-23-6-13-33-57(44)67(59-35-19-32-55-64(59)46-25-5-8-27-50(46)65(55)51-28-9-14-36-60(51)68-61-37-15-10-29-52(61)65)58-34-18-22-43-40-56-48(41-47(43)58)45-24-4-7-26-49(45)66(56)53-30-11-16-38-62(53)69-63-39-17-12-31-54(63)66/h1-41,53,62H. The zero-order valence-corrected chi connectivity index (χ0v) is 37.6. The molecule has 324 valence electrons. The summed E-state index contributed by atoms with van der Waals surface area (Å²) in [6, 6.07) is 82.8. The average Bonchev–Trinajstić information content (AvgIpc) is 3.87. The number of allylic oxidation sites excluding steroid dienone is 2. The molecule has 0 aromatic heterocycles. The van der Waals surface area contributed by atoms with Crippen molar-refractivity contribution in [3.8, 4) is 50.6 Å². The van der Waals surface area contributed by atoms with Crippen LogP contribution in [0, 0.1) is 5.92 Å². The van der Waals surface area contributed by atoms with Gasteiger partial charge in [-0.2, -0.15) is 0 Å². The first-order valence-electron chi connectivity index (χ1n) is 24.1. The normalized spacial score (nSPS) is 18.7. The van der Waals surface area contributed by atoms with E-state index in [1.54, 1.807) is 0 Å². The summed E-state index contributed by atoms with van der Waals surface area (Å²) < 4.78 is 13.6. The predicted octanol–water partition coefficient (Wildman–Crippen LogP) is 16.3. The third-order valence-corrected chi connectivity index (χ3v) is 15.8. The summed E-state index contributed by atoms with van der Waals surface area (Å²) in [5, 5.41) is 2.37. The van der Waals surface area contributed by atoms with Crippen molar-refractivity contribution in [2.24, 2.45) is 5.92 Å². The zero-order valence-electron chi connectivity index (χ0n) is 37.6. The van der Waals surface area contributed by atoms with Gasteiger partial charge in [0.15, 0.2) is 0 Å². The fourth-order valence-electron chi connectivity index (χ4n) is 13.2. The van der Waals surface area contributed by atoms with Crippen LogP contribution in [0.4, 0.5) is 17.1 Å². The molecule has 2 aliphatic heterocycles. The third kappa shape index (κ3) is 5.06. The Labute approximate surface area is 401 Å². The summed E-state index contributed by atoms with van der Waals surface area (Å²) in [6.07, 6.45) is 8.87. The number of anilines is 3. The smallest absolute Gasteiger partial charge is 0.132 e. The molecule has 3 unspecified atom stereocenters. The molecule has 10 aromatic carbocycles. The molecular formula is C66H43NO2. The summed E-state index contributed by atoms with van der Waals surface area (Å²) in [4.78, 5) is 2.56. The van der Waals surface area contributed by atoms with Gasteiger partial charge in [-0.3, -0.25) is 0 Å². The maximum atomic E-state index is 6.83. The van der Waals surface area contributed by atoms with Crippen LogP contribution in [0.1, 0.15) is 38.9 Å². The van der Waals surface area contributed by atoms with Crippen LogP contribution in [0.2, 0.25) is 0 Å². The molecule has 3 heteroatoms. The minimum atomic E-state index is -0.615. The first kappa shape index (κ1) is 38.4. The van der Waals surface area contributed by atoms with Gasteiger partial charge in [-0.05, 0) is 105 Å². The molecule has 0 fully saturated rings. The molecule has 0 N–H and O–H groups in total. The van der Waals surface area contributed by atoms with Gasteiger partial charge in [0.25, 0.3) is 0 Å². The Hall–Kier alpha value is -8.66. The van der Waals surface area contributed by atoms with Crippen molar-refractivity contribution in [1.82, 2.24) is 0 Å². The van der Waals surface area contributed by atoms with Crippen LogP contribution in [-0.2, 0) is 10.8 Å². The lowest BCUT2D eigenvalue weighted by atomic mass is 9.60. The molecule has 0 bridgehead atoms. The van der Waals surface area contributed by atoms with E-state index in [0.29, 0.717) is 0 Å². The van der Waals surface area contributed by atoms with E-state index in [9.17, 15) is 0 Å². The summed E-state index contributed by atoms with van der Waals surface area (Å²) in [5.74, 6) is 2.78. The van der Waals surface area contributed by atoms with E-state index in [0.717, 1.165) is 56.6 Å². The van der Waals surface area contributed by atoms with Gasteiger partial charge in [0.05, 0.1) is 27.9 Å². The quantitative estimate of drug-likeness (QED) is 0.176. The first-order valence-corrected chi connectivity index (χ1v) is 24.1. The lowest BCUT2D eigenvalue weighted by molar-refractivity contribution is 0.141. The predicted molar refractivity (Wildman–Crippen MR) is 279 cm³/mol. The van der Waals surface area contributed by atoms with Crippen LogP contribution >= 0.6 is 0 Å². The van der Waals surface area contributed by atoms with Crippen molar-refractivity contribution in [3.05, 3.63) is 288 Å². The molecule has 0 radical (unpaired) electrons. The molecule has 2 heterocycles. The highest BCUT2D eigenvalue weighted by molar-refractivity contribution is 6.08. The number of hydrogen-bond donors (Lipinski definition) is 0. The van der Waals surface area contributed by atoms with Crippen LogP contribution < -0.4 is 14.4 Å². The first-order chi connectivity index (χ1) is 34.2. The Morgan fingerprint density at radius 1 is 0.377 bits per heavy atom. The molecule has 3 aliphatic carbocycles. The van der Waals surface area contributed by atoms with Gasteiger partial charge >= 0.3 is 0 Å². The second-order valence-corrected chi connectivity index (χ2v) is 18.9. The Morgan fingerprint density at radius 2 is 0.957 bits per heavy atom. The van der Waals surface area contributed by atoms with Gasteiger partial charge in [-0.15, -0.1) is 0 Å². The van der Waals surface area contributed by atoms with Crippen molar-refractivity contribution < 1.29 is 9.47 Å². The van der Waals surface area contributed by atoms with Gasteiger partial charge in [-0.25, -0.2) is 0 Å². The van der Waals surface area contributed by atoms with E-state index in [4.69, 9.17) is 9.47 Å². The molecule has 3 nitrogen and oxygen atoms in total. The fourth-order valence-corrected chi connectivity index (χ4v) is 13.2.